The summed E-state index contributed by atoms with van der Waals surface area (Å²) in [5.74, 6) is -2.45. The van der Waals surface area contributed by atoms with Gasteiger partial charge < -0.3 is 5.11 Å². The van der Waals surface area contributed by atoms with Crippen LogP contribution in [0.1, 0.15) is 28.3 Å². The molecule has 0 amide bonds. The summed E-state index contributed by atoms with van der Waals surface area (Å²) in [5.41, 5.74) is 0.765. The van der Waals surface area contributed by atoms with Gasteiger partial charge in [0.2, 0.25) is 0 Å². The Labute approximate surface area is 142 Å². The Kier molecular flexibility index (Phi) is 5.46. The van der Waals surface area contributed by atoms with Crippen LogP contribution in [-0.2, 0) is 4.79 Å². The van der Waals surface area contributed by atoms with Crippen LogP contribution in [0.25, 0.3) is 0 Å². The smallest absolute Gasteiger partial charge is 0.311 e. The first-order valence-electron chi connectivity index (χ1n) is 6.35. The second-order valence-electron chi connectivity index (χ2n) is 4.69. The van der Waals surface area contributed by atoms with Crippen LogP contribution in [0.3, 0.4) is 0 Å². The number of carboxylic acids is 1. The van der Waals surface area contributed by atoms with E-state index in [1.807, 2.05) is 0 Å². The van der Waals surface area contributed by atoms with Crippen LogP contribution in [0.15, 0.2) is 42.5 Å². The summed E-state index contributed by atoms with van der Waals surface area (Å²) in [6, 6.07) is 10.8. The minimum Gasteiger partial charge on any atom is -0.481 e. The van der Waals surface area contributed by atoms with Crippen LogP contribution in [-0.4, -0.2) is 16.9 Å². The molecule has 2 aromatic carbocycles. The van der Waals surface area contributed by atoms with Gasteiger partial charge in [0.25, 0.3) is 0 Å². The number of carbonyl (C=O) groups excluding carboxylic acids is 1. The molecule has 114 valence electrons. The Morgan fingerprint density at radius 1 is 0.955 bits per heavy atom. The lowest BCUT2D eigenvalue weighted by Gasteiger charge is -2.14. The molecule has 0 aliphatic heterocycles. The highest BCUT2D eigenvalue weighted by Crippen LogP contribution is 2.31. The van der Waals surface area contributed by atoms with E-state index in [9.17, 15) is 14.7 Å². The van der Waals surface area contributed by atoms with Crippen LogP contribution in [0, 0.1) is 0 Å². The molecule has 0 radical (unpaired) electrons. The van der Waals surface area contributed by atoms with Crippen molar-refractivity contribution in [3.8, 4) is 0 Å². The molecular formula is C16H11Cl3O3. The van der Waals surface area contributed by atoms with Gasteiger partial charge in [0, 0.05) is 27.1 Å². The van der Waals surface area contributed by atoms with E-state index in [1.54, 1.807) is 30.3 Å². The van der Waals surface area contributed by atoms with Gasteiger partial charge in [-0.2, -0.15) is 0 Å². The second-order valence-corrected chi connectivity index (χ2v) is 5.97. The molecule has 0 spiro atoms. The molecule has 0 aliphatic rings. The maximum absolute atomic E-state index is 12.2. The first-order chi connectivity index (χ1) is 10.4. The van der Waals surface area contributed by atoms with E-state index in [0.29, 0.717) is 21.2 Å². The van der Waals surface area contributed by atoms with Gasteiger partial charge in [0.1, 0.15) is 0 Å². The molecule has 1 N–H and O–H groups in total. The Balaban J connectivity index is 2.27. The number of benzene rings is 2. The third-order valence-corrected chi connectivity index (χ3v) is 4.01. The van der Waals surface area contributed by atoms with E-state index in [0.717, 1.165) is 0 Å². The molecule has 0 bridgehead atoms. The summed E-state index contributed by atoms with van der Waals surface area (Å²) in [6.45, 7) is 0. The maximum Gasteiger partial charge on any atom is 0.311 e. The van der Waals surface area contributed by atoms with Gasteiger partial charge in [-0.15, -0.1) is 0 Å². The van der Waals surface area contributed by atoms with Gasteiger partial charge >= 0.3 is 5.97 Å². The minimum absolute atomic E-state index is 0.196. The molecule has 0 heterocycles. The number of hydrogen-bond acceptors (Lipinski definition) is 2. The van der Waals surface area contributed by atoms with Crippen LogP contribution >= 0.6 is 34.8 Å². The molecular weight excluding hydrogens is 347 g/mol. The lowest BCUT2D eigenvalue weighted by Crippen LogP contribution is -2.16. The summed E-state index contributed by atoms with van der Waals surface area (Å²) in [5, 5.41) is 10.5. The molecule has 0 saturated carbocycles. The Morgan fingerprint density at radius 3 is 2.09 bits per heavy atom. The number of aliphatic carboxylic acids is 1. The number of halogens is 3. The third-order valence-electron chi connectivity index (χ3n) is 3.19. The SMILES string of the molecule is O=C(C[C@H](C(=O)O)c1ccc(Cl)cc1Cl)c1ccc(Cl)cc1. The molecule has 6 heteroatoms. The van der Waals surface area contributed by atoms with Crippen molar-refractivity contribution in [3.05, 3.63) is 68.7 Å². The van der Waals surface area contributed by atoms with Crippen LogP contribution in [0.4, 0.5) is 0 Å². The largest absolute Gasteiger partial charge is 0.481 e. The van der Waals surface area contributed by atoms with Crippen LogP contribution < -0.4 is 0 Å². The molecule has 0 aromatic heterocycles. The highest BCUT2D eigenvalue weighted by Gasteiger charge is 2.26. The molecule has 2 aromatic rings. The first kappa shape index (κ1) is 16.8. The molecule has 0 aliphatic carbocycles. The van der Waals surface area contributed by atoms with Gasteiger partial charge in [-0.1, -0.05) is 40.9 Å². The average Bonchev–Trinajstić information content (AvgIpc) is 2.45. The molecule has 3 nitrogen and oxygen atoms in total. The highest BCUT2D eigenvalue weighted by molar-refractivity contribution is 6.35. The number of Topliss-reactive ketones (excluding diaryl/α,β-unsaturated/α-hetero) is 1. The van der Waals surface area contributed by atoms with Crippen molar-refractivity contribution in [1.29, 1.82) is 0 Å². The molecule has 0 fully saturated rings. The van der Waals surface area contributed by atoms with Crippen molar-refractivity contribution in [1.82, 2.24) is 0 Å². The summed E-state index contributed by atoms with van der Waals surface area (Å²) in [4.78, 5) is 23.7. The molecule has 2 rings (SSSR count). The van der Waals surface area contributed by atoms with Crippen molar-refractivity contribution in [2.24, 2.45) is 0 Å². The number of ketones is 1. The van der Waals surface area contributed by atoms with Crippen LogP contribution in [0.2, 0.25) is 15.1 Å². The fourth-order valence-corrected chi connectivity index (χ4v) is 2.72. The standard InChI is InChI=1S/C16H11Cl3O3/c17-10-3-1-9(2-4-10)15(20)8-13(16(21)22)12-6-5-11(18)7-14(12)19/h1-7,13H,8H2,(H,21,22)/t13-/m0/s1. The lowest BCUT2D eigenvalue weighted by molar-refractivity contribution is -0.138. The van der Waals surface area contributed by atoms with Crippen molar-refractivity contribution < 1.29 is 14.7 Å². The van der Waals surface area contributed by atoms with E-state index >= 15 is 0 Å². The maximum atomic E-state index is 12.2. The predicted molar refractivity (Wildman–Crippen MR) is 87.2 cm³/mol. The fraction of sp³-hybridized carbons (Fsp3) is 0.125. The summed E-state index contributed by atoms with van der Waals surface area (Å²) < 4.78 is 0. The first-order valence-corrected chi connectivity index (χ1v) is 7.48. The predicted octanol–water partition coefficient (Wildman–Crippen LogP) is 5.09. The normalized spacial score (nSPS) is 12.0. The monoisotopic (exact) mass is 356 g/mol. The third kappa shape index (κ3) is 4.01. The zero-order chi connectivity index (χ0) is 16.3. The quantitative estimate of drug-likeness (QED) is 0.758. The highest BCUT2D eigenvalue weighted by atomic mass is 35.5. The van der Waals surface area contributed by atoms with Gasteiger partial charge in [-0.25, -0.2) is 0 Å². The van der Waals surface area contributed by atoms with Crippen molar-refractivity contribution in [2.75, 3.05) is 0 Å². The average molecular weight is 358 g/mol. The Bertz CT molecular complexity index is 711. The number of carbonyl (C=O) groups is 2. The molecule has 22 heavy (non-hydrogen) atoms. The lowest BCUT2D eigenvalue weighted by atomic mass is 9.91. The molecule has 0 saturated heterocycles. The molecule has 0 unspecified atom stereocenters. The minimum atomic E-state index is -1.12. The fourth-order valence-electron chi connectivity index (χ4n) is 2.05. The van der Waals surface area contributed by atoms with Crippen molar-refractivity contribution >= 4 is 46.6 Å². The van der Waals surface area contributed by atoms with Gasteiger partial charge in [-0.05, 0) is 42.0 Å². The van der Waals surface area contributed by atoms with E-state index in [4.69, 9.17) is 34.8 Å². The van der Waals surface area contributed by atoms with Crippen molar-refractivity contribution in [3.63, 3.8) is 0 Å². The van der Waals surface area contributed by atoms with E-state index < -0.39 is 11.9 Å². The van der Waals surface area contributed by atoms with Crippen molar-refractivity contribution in [2.45, 2.75) is 12.3 Å². The van der Waals surface area contributed by atoms with Crippen LogP contribution in [0.5, 0.6) is 0 Å². The Hall–Kier alpha value is -1.55. The van der Waals surface area contributed by atoms with E-state index in [2.05, 4.69) is 0 Å². The summed E-state index contributed by atoms with van der Waals surface area (Å²) in [6.07, 6.45) is -0.196. The van der Waals surface area contributed by atoms with Gasteiger partial charge in [0.05, 0.1) is 5.92 Å². The number of carboxylic acid groups (broad SMARTS) is 1. The van der Waals surface area contributed by atoms with E-state index in [1.165, 1.54) is 12.1 Å². The zero-order valence-corrected chi connectivity index (χ0v) is 13.5. The Morgan fingerprint density at radius 2 is 1.55 bits per heavy atom. The summed E-state index contributed by atoms with van der Waals surface area (Å²) in [7, 11) is 0. The second kappa shape index (κ2) is 7.14. The molecule has 1 atom stereocenters. The van der Waals surface area contributed by atoms with Gasteiger partial charge in [-0.3, -0.25) is 9.59 Å². The topological polar surface area (TPSA) is 54.4 Å². The van der Waals surface area contributed by atoms with E-state index in [-0.39, 0.29) is 17.2 Å². The number of hydrogen-bond donors (Lipinski definition) is 1. The summed E-state index contributed by atoms with van der Waals surface area (Å²) >= 11 is 17.6. The number of rotatable bonds is 5. The van der Waals surface area contributed by atoms with Gasteiger partial charge in [0.15, 0.2) is 5.78 Å². The zero-order valence-electron chi connectivity index (χ0n) is 11.2.